The zero-order valence-electron chi connectivity index (χ0n) is 31.6. The van der Waals surface area contributed by atoms with E-state index in [1.807, 2.05) is 29.3 Å². The molecule has 0 N–H and O–H groups in total. The maximum atomic E-state index is 4.82. The average molecular weight is 993 g/mol. The number of hydrogen-bond donors (Lipinski definition) is 0. The standard InChI is InChI=1S/C48H39N2PS4.Os/c1-6-18-41-32(3)29-43(52-41)47-45-46(50-55-49-45)48(54-47)44-30-33(4)42(53-44)28-27-36(31-37-20-17-19-35(37)7-2)34(5)51(38-21-11-8-12-22-38,39-23-13-9-14-24-39)40-25-15-10-16-26-40;/h6-16,18,21-26,29-31H,17,19-20H2,1-4H3;/q+1;/b18-6+,35-7?,36-34?,37-31?;. The van der Waals surface area contributed by atoms with E-state index < -0.39 is 7.26 Å². The van der Waals surface area contributed by atoms with E-state index in [1.165, 1.54) is 79.2 Å². The van der Waals surface area contributed by atoms with Crippen LogP contribution in [0.3, 0.4) is 0 Å². The molecule has 8 heteroatoms. The molecule has 8 rings (SSSR count). The van der Waals surface area contributed by atoms with Crippen LogP contribution >= 0.6 is 41.3 Å². The van der Waals surface area contributed by atoms with Gasteiger partial charge >= 0.3 is 306 Å². The van der Waals surface area contributed by atoms with Gasteiger partial charge in [-0.2, -0.15) is 0 Å². The summed E-state index contributed by atoms with van der Waals surface area (Å²) in [7, 11) is -2.44. The summed E-state index contributed by atoms with van der Waals surface area (Å²) in [5.41, 5.74) is 8.31. The number of nitrogens with zero attached hydrogens (tertiary/aromatic N) is 2. The monoisotopic (exact) mass is 994 g/mol. The predicted molar refractivity (Wildman–Crippen MR) is 245 cm³/mol. The first-order valence-corrected chi connectivity index (χ1v) is 24.8. The van der Waals surface area contributed by atoms with Crippen molar-refractivity contribution in [1.29, 1.82) is 0 Å². The van der Waals surface area contributed by atoms with Crippen molar-refractivity contribution in [3.05, 3.63) is 164 Å². The van der Waals surface area contributed by atoms with Gasteiger partial charge in [0.05, 0.1) is 0 Å². The summed E-state index contributed by atoms with van der Waals surface area (Å²) in [4.78, 5) is 7.16. The Labute approximate surface area is 356 Å². The quantitative estimate of drug-likeness (QED) is 0.107. The second-order valence-electron chi connectivity index (χ2n) is 13.6. The fourth-order valence-electron chi connectivity index (χ4n) is 7.49. The molecule has 3 aromatic carbocycles. The molecule has 3 aromatic heterocycles. The molecule has 0 radical (unpaired) electrons. The number of rotatable bonds is 8. The van der Waals surface area contributed by atoms with Crippen molar-refractivity contribution in [3.8, 4) is 35.7 Å². The van der Waals surface area contributed by atoms with Crippen LogP contribution in [0.2, 0.25) is 0 Å². The summed E-state index contributed by atoms with van der Waals surface area (Å²) >= 11 is 8.50. The number of aryl methyl sites for hydroxylation is 2. The minimum atomic E-state index is -2.44. The molecule has 0 spiro atoms. The Bertz CT molecular complexity index is 2660. The van der Waals surface area contributed by atoms with Crippen LogP contribution in [0, 0.1) is 30.1 Å². The van der Waals surface area contributed by atoms with E-state index in [1.54, 1.807) is 22.7 Å². The third-order valence-electron chi connectivity index (χ3n) is 10.1. The van der Waals surface area contributed by atoms with E-state index in [2.05, 4.69) is 171 Å². The zero-order valence-corrected chi connectivity index (χ0v) is 38.3. The first kappa shape index (κ1) is 38.8. The van der Waals surface area contributed by atoms with Crippen molar-refractivity contribution < 1.29 is 17.9 Å². The van der Waals surface area contributed by atoms with Crippen LogP contribution in [0.4, 0.5) is 11.4 Å². The number of hydrogen-bond acceptors (Lipinski definition) is 5. The molecule has 0 saturated heterocycles. The molecule has 0 bridgehead atoms. The summed E-state index contributed by atoms with van der Waals surface area (Å²) in [6.07, 6.45) is 12.3. The van der Waals surface area contributed by atoms with Gasteiger partial charge in [0.15, 0.2) is 0 Å². The summed E-state index contributed by atoms with van der Waals surface area (Å²) in [5, 5.41) is 5.07. The molecule has 1 aliphatic heterocycles. The van der Waals surface area contributed by atoms with Crippen LogP contribution in [-0.4, -0.2) is 0 Å². The number of allylic oxidation sites excluding steroid dienone is 7. The van der Waals surface area contributed by atoms with E-state index in [-0.39, 0.29) is 0 Å². The predicted octanol–water partition coefficient (Wildman–Crippen LogP) is 13.7. The van der Waals surface area contributed by atoms with Crippen molar-refractivity contribution in [1.82, 2.24) is 0 Å². The van der Waals surface area contributed by atoms with E-state index in [9.17, 15) is 0 Å². The Morgan fingerprint density at radius 3 is 1.82 bits per heavy atom. The van der Waals surface area contributed by atoms with Gasteiger partial charge in [-0.05, 0) is 31.6 Å². The second kappa shape index (κ2) is 17.2. The zero-order chi connectivity index (χ0) is 38.6. The van der Waals surface area contributed by atoms with E-state index >= 15 is 0 Å². The van der Waals surface area contributed by atoms with E-state index in [4.69, 9.17) is 8.73 Å². The summed E-state index contributed by atoms with van der Waals surface area (Å²) < 4.78 is 13.5. The molecule has 2 nitrogen and oxygen atoms in total. The number of fused-ring (bicyclic) bond motifs is 1. The molecular weight excluding hydrogens is 954 g/mol. The molecular formula is C48H39N2OsPS4+. The van der Waals surface area contributed by atoms with Crippen molar-refractivity contribution in [2.75, 3.05) is 0 Å². The van der Waals surface area contributed by atoms with Gasteiger partial charge in [0.1, 0.15) is 0 Å². The van der Waals surface area contributed by atoms with Crippen LogP contribution < -0.4 is 15.9 Å². The van der Waals surface area contributed by atoms with Crippen LogP contribution in [0.1, 0.15) is 54.0 Å². The van der Waals surface area contributed by atoms with Crippen LogP contribution in [0.25, 0.3) is 25.6 Å². The second-order valence-corrected chi connectivity index (χ2v) is 21.3. The molecule has 1 fully saturated rings. The molecule has 0 unspecified atom stereocenters. The SMILES string of the molecule is CC=C1CCCC1=CC(C#Cc1sc(-c2sc(-c3cc(C)c(/C=C/C)s3)c3c2N=S=N3)cc1C)=C([C]#[Os])[P+](c1ccccc1)(c1ccccc1)c1ccccc1. The van der Waals surface area contributed by atoms with Gasteiger partial charge in [0, 0.05) is 4.88 Å². The summed E-state index contributed by atoms with van der Waals surface area (Å²) in [6, 6.07) is 37.8. The van der Waals surface area contributed by atoms with Crippen molar-refractivity contribution in [3.63, 3.8) is 0 Å². The minimum absolute atomic E-state index is 0.987. The average Bonchev–Trinajstić information content (AvgIpc) is 4.08. The van der Waals surface area contributed by atoms with Gasteiger partial charge in [0.2, 0.25) is 0 Å². The van der Waals surface area contributed by atoms with Gasteiger partial charge in [-0.1, -0.05) is 6.08 Å². The van der Waals surface area contributed by atoms with Crippen LogP contribution in [0.15, 0.2) is 152 Å². The van der Waals surface area contributed by atoms with Gasteiger partial charge in [-0.25, -0.2) is 0 Å². The molecule has 1 aliphatic carbocycles. The normalized spacial score (nSPS) is 15.5. The Morgan fingerprint density at radius 1 is 0.714 bits per heavy atom. The molecule has 0 amide bonds. The third kappa shape index (κ3) is 7.31. The Kier molecular flexibility index (Phi) is 11.9. The third-order valence-corrected chi connectivity index (χ3v) is 19.9. The van der Waals surface area contributed by atoms with Crippen molar-refractivity contribution in [2.45, 2.75) is 47.0 Å². The van der Waals surface area contributed by atoms with Gasteiger partial charge < -0.3 is 0 Å². The van der Waals surface area contributed by atoms with Gasteiger partial charge in [-0.3, -0.25) is 0 Å². The molecule has 2 aliphatic rings. The topological polar surface area (TPSA) is 24.7 Å². The molecule has 56 heavy (non-hydrogen) atoms. The molecule has 4 heterocycles. The Morgan fingerprint density at radius 2 is 1.27 bits per heavy atom. The molecule has 0 atom stereocenters. The Hall–Kier alpha value is -4.05. The van der Waals surface area contributed by atoms with E-state index in [0.717, 1.165) is 41.1 Å². The van der Waals surface area contributed by atoms with Crippen molar-refractivity contribution >= 4 is 86.0 Å². The maximum absolute atomic E-state index is 4.82. The molecule has 277 valence electrons. The fourth-order valence-corrected chi connectivity index (χ4v) is 17.5. The van der Waals surface area contributed by atoms with Crippen LogP contribution in [0.5, 0.6) is 0 Å². The van der Waals surface area contributed by atoms with Crippen molar-refractivity contribution in [2.24, 2.45) is 8.73 Å². The summed E-state index contributed by atoms with van der Waals surface area (Å²) in [5.74, 6) is 7.59. The number of benzene rings is 3. The first-order valence-electron chi connectivity index (χ1n) is 18.6. The van der Waals surface area contributed by atoms with Crippen LogP contribution in [-0.2, 0) is 29.3 Å². The first-order chi connectivity index (χ1) is 27.5. The van der Waals surface area contributed by atoms with E-state index in [0.29, 0.717) is 0 Å². The summed E-state index contributed by atoms with van der Waals surface area (Å²) in [6.45, 7) is 8.61. The fraction of sp³-hybridized carbons (Fsp3) is 0.146. The number of thiophene rings is 3. The van der Waals surface area contributed by atoms with Gasteiger partial charge in [0.25, 0.3) is 0 Å². The molecule has 1 saturated carbocycles. The molecule has 6 aromatic rings. The van der Waals surface area contributed by atoms with Gasteiger partial charge in [-0.15, -0.1) is 11.3 Å². The Balaban J connectivity index is 1.33.